The second-order valence-corrected chi connectivity index (χ2v) is 7.86. The van der Waals surface area contributed by atoms with Crippen LogP contribution in [-0.2, 0) is 4.79 Å². The average Bonchev–Trinajstić information content (AvgIpc) is 3.17. The van der Waals surface area contributed by atoms with Crippen LogP contribution in [0, 0.1) is 22.7 Å². The van der Waals surface area contributed by atoms with Crippen LogP contribution >= 0.6 is 11.6 Å². The quantitative estimate of drug-likeness (QED) is 0.423. The van der Waals surface area contributed by atoms with Crippen molar-refractivity contribution < 1.29 is 9.59 Å². The summed E-state index contributed by atoms with van der Waals surface area (Å²) in [6, 6.07) is 6.43. The molecule has 10 nitrogen and oxygen atoms in total. The second kappa shape index (κ2) is 8.64. The van der Waals surface area contributed by atoms with Crippen LogP contribution in [0.5, 0.6) is 0 Å². The molecule has 2 aromatic heterocycles. The van der Waals surface area contributed by atoms with Gasteiger partial charge in [0.1, 0.15) is 17.4 Å². The summed E-state index contributed by atoms with van der Waals surface area (Å²) in [5.41, 5.74) is 2.19. The first-order chi connectivity index (χ1) is 15.4. The first-order valence-corrected chi connectivity index (χ1v) is 10.2. The van der Waals surface area contributed by atoms with Gasteiger partial charge in [0.25, 0.3) is 5.91 Å². The van der Waals surface area contributed by atoms with Crippen LogP contribution in [0.1, 0.15) is 22.8 Å². The number of anilines is 2. The number of rotatable bonds is 6. The molecule has 3 aromatic rings. The van der Waals surface area contributed by atoms with Crippen molar-refractivity contribution in [3.8, 4) is 6.07 Å². The molecule has 1 saturated heterocycles. The molecule has 3 heterocycles. The lowest BCUT2D eigenvalue weighted by Gasteiger charge is -2.37. The van der Waals surface area contributed by atoms with Crippen LogP contribution < -0.4 is 10.6 Å². The van der Waals surface area contributed by atoms with E-state index in [1.54, 1.807) is 30.0 Å². The van der Waals surface area contributed by atoms with Crippen LogP contribution in [0.3, 0.4) is 0 Å². The number of nitrogens with zero attached hydrogens (tertiary/aromatic N) is 4. The normalized spacial score (nSPS) is 14.3. The minimum Gasteiger partial charge on any atom is -0.344 e. The number of amides is 2. The van der Waals surface area contributed by atoms with Gasteiger partial charge >= 0.3 is 0 Å². The molecular weight excluding hydrogens is 432 g/mol. The van der Waals surface area contributed by atoms with Crippen molar-refractivity contribution in [3.63, 3.8) is 0 Å². The number of aromatic amines is 1. The maximum Gasteiger partial charge on any atom is 0.255 e. The zero-order valence-corrected chi connectivity index (χ0v) is 17.8. The number of hydrogen-bond acceptors (Lipinski definition) is 7. The van der Waals surface area contributed by atoms with E-state index in [0.717, 1.165) is 0 Å². The number of H-pyrrole nitrogens is 1. The molecule has 1 aromatic carbocycles. The summed E-state index contributed by atoms with van der Waals surface area (Å²) in [6.45, 7) is 2.37. The molecule has 0 bridgehead atoms. The molecule has 4 N–H and O–H groups in total. The van der Waals surface area contributed by atoms with Crippen LogP contribution in [0.4, 0.5) is 11.5 Å². The molecule has 162 valence electrons. The van der Waals surface area contributed by atoms with Crippen molar-refractivity contribution in [2.24, 2.45) is 5.92 Å². The molecule has 0 unspecified atom stereocenters. The number of fused-ring (bicyclic) bond motifs is 1. The average molecular weight is 451 g/mol. The SMILES string of the molecule is C[C@@H](NC(=O)c1c[nH]c2ncc(Nc3ccc(Cl)cc3C=N)nc12)C(=O)N1CC(C#N)C1. The van der Waals surface area contributed by atoms with E-state index in [9.17, 15) is 9.59 Å². The van der Waals surface area contributed by atoms with Gasteiger partial charge in [-0.25, -0.2) is 9.97 Å². The summed E-state index contributed by atoms with van der Waals surface area (Å²) in [7, 11) is 0. The van der Waals surface area contributed by atoms with E-state index in [1.807, 2.05) is 0 Å². The Kier molecular flexibility index (Phi) is 5.75. The lowest BCUT2D eigenvalue weighted by Crippen LogP contribution is -2.55. The lowest BCUT2D eigenvalue weighted by atomic mass is 10.0. The van der Waals surface area contributed by atoms with Crippen molar-refractivity contribution in [2.45, 2.75) is 13.0 Å². The van der Waals surface area contributed by atoms with Gasteiger partial charge < -0.3 is 25.9 Å². The monoisotopic (exact) mass is 450 g/mol. The molecule has 32 heavy (non-hydrogen) atoms. The van der Waals surface area contributed by atoms with Crippen LogP contribution in [-0.4, -0.2) is 57.0 Å². The van der Waals surface area contributed by atoms with E-state index in [1.165, 1.54) is 18.6 Å². The van der Waals surface area contributed by atoms with Gasteiger partial charge in [0, 0.05) is 41.8 Å². The number of hydrogen-bond donors (Lipinski definition) is 4. The minimum absolute atomic E-state index is 0.148. The largest absolute Gasteiger partial charge is 0.344 e. The highest BCUT2D eigenvalue weighted by atomic mass is 35.5. The van der Waals surface area contributed by atoms with Gasteiger partial charge in [-0.2, -0.15) is 5.26 Å². The molecule has 1 aliphatic rings. The number of carbonyl (C=O) groups is 2. The summed E-state index contributed by atoms with van der Waals surface area (Å²) >= 11 is 5.98. The third-order valence-corrected chi connectivity index (χ3v) is 5.39. The highest BCUT2D eigenvalue weighted by Gasteiger charge is 2.33. The third kappa shape index (κ3) is 4.10. The summed E-state index contributed by atoms with van der Waals surface area (Å²) in [4.78, 5) is 38.4. The summed E-state index contributed by atoms with van der Waals surface area (Å²) in [5, 5.41) is 22.7. The third-order valence-electron chi connectivity index (χ3n) is 5.15. The van der Waals surface area contributed by atoms with Gasteiger partial charge in [0.2, 0.25) is 5.91 Å². The minimum atomic E-state index is -0.745. The van der Waals surface area contributed by atoms with Crippen LogP contribution in [0.2, 0.25) is 5.02 Å². The van der Waals surface area contributed by atoms with E-state index in [-0.39, 0.29) is 17.4 Å². The number of carbonyl (C=O) groups excluding carboxylic acids is 2. The Labute approximate surface area is 188 Å². The second-order valence-electron chi connectivity index (χ2n) is 7.42. The zero-order valence-electron chi connectivity index (χ0n) is 17.0. The Hall–Kier alpha value is -3.97. The molecule has 1 fully saturated rings. The number of aromatic nitrogens is 3. The van der Waals surface area contributed by atoms with Gasteiger partial charge in [-0.1, -0.05) is 11.6 Å². The van der Waals surface area contributed by atoms with Gasteiger partial charge in [0.05, 0.1) is 23.7 Å². The van der Waals surface area contributed by atoms with Gasteiger partial charge in [-0.05, 0) is 25.1 Å². The summed E-state index contributed by atoms with van der Waals surface area (Å²) < 4.78 is 0. The summed E-state index contributed by atoms with van der Waals surface area (Å²) in [6.07, 6.45) is 4.16. The predicted octanol–water partition coefficient (Wildman–Crippen LogP) is 2.45. The molecule has 0 aliphatic carbocycles. The Morgan fingerprint density at radius 2 is 2.22 bits per heavy atom. The Morgan fingerprint density at radius 3 is 2.94 bits per heavy atom. The fourth-order valence-electron chi connectivity index (χ4n) is 3.38. The van der Waals surface area contributed by atoms with Gasteiger partial charge in [-0.3, -0.25) is 9.59 Å². The summed E-state index contributed by atoms with van der Waals surface area (Å²) in [5.74, 6) is -0.470. The van der Waals surface area contributed by atoms with Crippen molar-refractivity contribution in [1.82, 2.24) is 25.2 Å². The molecule has 0 radical (unpaired) electrons. The van der Waals surface area contributed by atoms with Crippen molar-refractivity contribution in [3.05, 3.63) is 46.7 Å². The topological polar surface area (TPSA) is 151 Å². The zero-order chi connectivity index (χ0) is 22.8. The molecule has 11 heteroatoms. The molecular formula is C21H19ClN8O2. The number of benzene rings is 1. The van der Waals surface area contributed by atoms with E-state index in [0.29, 0.717) is 46.3 Å². The van der Waals surface area contributed by atoms with Crippen molar-refractivity contribution in [1.29, 1.82) is 10.7 Å². The van der Waals surface area contributed by atoms with E-state index in [2.05, 4.69) is 31.7 Å². The first kappa shape index (κ1) is 21.3. The molecule has 4 rings (SSSR count). The Balaban J connectivity index is 1.51. The molecule has 1 atom stereocenters. The van der Waals surface area contributed by atoms with E-state index in [4.69, 9.17) is 22.3 Å². The fourth-order valence-corrected chi connectivity index (χ4v) is 3.56. The highest BCUT2D eigenvalue weighted by Crippen LogP contribution is 2.24. The maximum absolute atomic E-state index is 12.8. The standard InChI is InChI=1S/C21H19ClN8O2/c1-11(21(32)30-9-12(5-23)10-30)27-20(31)15-7-25-19-18(15)29-17(8-26-19)28-16-3-2-14(22)4-13(16)6-24/h2-4,6-8,11-12,24H,9-10H2,1H3,(H,25,26)(H,27,31)(H,28,29)/t11-/m1/s1. The number of nitriles is 1. The van der Waals surface area contributed by atoms with Crippen molar-refractivity contribution in [2.75, 3.05) is 18.4 Å². The highest BCUT2D eigenvalue weighted by molar-refractivity contribution is 6.31. The lowest BCUT2D eigenvalue weighted by molar-refractivity contribution is -0.137. The van der Waals surface area contributed by atoms with E-state index >= 15 is 0 Å². The van der Waals surface area contributed by atoms with Crippen molar-refractivity contribution >= 4 is 52.3 Å². The smallest absolute Gasteiger partial charge is 0.255 e. The first-order valence-electron chi connectivity index (χ1n) is 9.80. The Bertz CT molecular complexity index is 1260. The molecule has 2 amide bonds. The Morgan fingerprint density at radius 1 is 1.44 bits per heavy atom. The number of nitrogens with one attached hydrogen (secondary N) is 4. The molecule has 1 aliphatic heterocycles. The predicted molar refractivity (Wildman–Crippen MR) is 119 cm³/mol. The fraction of sp³-hybridized carbons (Fsp3) is 0.238. The van der Waals surface area contributed by atoms with E-state index < -0.39 is 11.9 Å². The van der Waals surface area contributed by atoms with Gasteiger partial charge in [0.15, 0.2) is 5.65 Å². The van der Waals surface area contributed by atoms with Crippen LogP contribution in [0.25, 0.3) is 11.2 Å². The number of halogens is 1. The molecule has 0 spiro atoms. The van der Waals surface area contributed by atoms with Gasteiger partial charge in [-0.15, -0.1) is 0 Å². The van der Waals surface area contributed by atoms with Crippen LogP contribution in [0.15, 0.2) is 30.6 Å². The maximum atomic E-state index is 12.8. The number of likely N-dealkylation sites (tertiary alicyclic amines) is 1. The molecule has 0 saturated carbocycles.